The van der Waals surface area contributed by atoms with Crippen molar-refractivity contribution >= 4 is 0 Å². The third kappa shape index (κ3) is 2.97. The molecule has 4 unspecified atom stereocenters. The average Bonchev–Trinajstić information content (AvgIpc) is 2.64. The van der Waals surface area contributed by atoms with Gasteiger partial charge in [0.2, 0.25) is 0 Å². The van der Waals surface area contributed by atoms with Crippen LogP contribution in [0.15, 0.2) is 36.7 Å². The Bertz CT molecular complexity index is 648. The van der Waals surface area contributed by atoms with E-state index in [9.17, 15) is 0 Å². The number of hydrogen-bond donors (Lipinski definition) is 0. The minimum absolute atomic E-state index is 0.121. The summed E-state index contributed by atoms with van der Waals surface area (Å²) in [4.78, 5) is 4.05. The zero-order valence-corrected chi connectivity index (χ0v) is 16.1. The highest BCUT2D eigenvalue weighted by atomic mass is 16.7. The highest BCUT2D eigenvalue weighted by molar-refractivity contribution is 5.19. The predicted molar refractivity (Wildman–Crippen MR) is 101 cm³/mol. The van der Waals surface area contributed by atoms with Gasteiger partial charge in [0, 0.05) is 17.8 Å². The van der Waals surface area contributed by atoms with Gasteiger partial charge >= 0.3 is 0 Å². The van der Waals surface area contributed by atoms with Gasteiger partial charge in [0.05, 0.1) is 19.3 Å². The molecule has 4 nitrogen and oxygen atoms in total. The standard InChI is InChI=1S/C22H31NO3/c1-16-4-5-19-21(2,10-6-20-22(19,3)14-24-15-26-20)18(16)9-13-25-17-7-11-23-12-8-17/h7-8,11-12,18-20H,1,4-6,9-10,13-15H2,2-3H3/t18?,19?,20?,21?,22-/m0/s1. The molecule has 4 heteroatoms. The van der Waals surface area contributed by atoms with Crippen LogP contribution in [0.3, 0.4) is 0 Å². The van der Waals surface area contributed by atoms with Crippen LogP contribution >= 0.6 is 0 Å². The number of aromatic nitrogens is 1. The lowest BCUT2D eigenvalue weighted by atomic mass is 9.46. The number of nitrogens with zero attached hydrogens (tertiary/aromatic N) is 1. The summed E-state index contributed by atoms with van der Waals surface area (Å²) in [6.07, 6.45) is 9.57. The van der Waals surface area contributed by atoms with Gasteiger partial charge in [0.15, 0.2) is 0 Å². The van der Waals surface area contributed by atoms with Crippen LogP contribution in [0.1, 0.15) is 46.0 Å². The van der Waals surface area contributed by atoms with E-state index in [2.05, 4.69) is 25.4 Å². The van der Waals surface area contributed by atoms with E-state index in [4.69, 9.17) is 14.2 Å². The van der Waals surface area contributed by atoms with Gasteiger partial charge in [-0.25, -0.2) is 0 Å². The van der Waals surface area contributed by atoms with E-state index in [0.29, 0.717) is 24.7 Å². The van der Waals surface area contributed by atoms with Crippen LogP contribution in [-0.2, 0) is 9.47 Å². The first-order valence-corrected chi connectivity index (χ1v) is 9.94. The highest BCUT2D eigenvalue weighted by Gasteiger charge is 2.59. The summed E-state index contributed by atoms with van der Waals surface area (Å²) >= 11 is 0. The third-order valence-corrected chi connectivity index (χ3v) is 7.41. The van der Waals surface area contributed by atoms with Crippen molar-refractivity contribution in [3.8, 4) is 5.75 Å². The average molecular weight is 357 g/mol. The van der Waals surface area contributed by atoms with Crippen molar-refractivity contribution in [2.24, 2.45) is 22.7 Å². The Hall–Kier alpha value is -1.39. The summed E-state index contributed by atoms with van der Waals surface area (Å²) in [5.74, 6) is 2.01. The van der Waals surface area contributed by atoms with E-state index >= 15 is 0 Å². The van der Waals surface area contributed by atoms with Crippen LogP contribution in [-0.4, -0.2) is 31.1 Å². The maximum absolute atomic E-state index is 6.00. The quantitative estimate of drug-likeness (QED) is 0.738. The van der Waals surface area contributed by atoms with Crippen molar-refractivity contribution in [2.45, 2.75) is 52.1 Å². The molecule has 0 spiro atoms. The first-order valence-electron chi connectivity index (χ1n) is 9.94. The van der Waals surface area contributed by atoms with Crippen LogP contribution in [0.25, 0.3) is 0 Å². The summed E-state index contributed by atoms with van der Waals surface area (Å²) in [6.45, 7) is 11.3. The molecular formula is C22H31NO3. The zero-order valence-electron chi connectivity index (χ0n) is 16.1. The van der Waals surface area contributed by atoms with Crippen molar-refractivity contribution in [3.05, 3.63) is 36.7 Å². The predicted octanol–water partition coefficient (Wildman–Crippen LogP) is 4.61. The van der Waals surface area contributed by atoms with Crippen molar-refractivity contribution in [1.82, 2.24) is 4.98 Å². The minimum Gasteiger partial charge on any atom is -0.493 e. The first-order chi connectivity index (χ1) is 12.5. The molecule has 2 heterocycles. The Morgan fingerprint density at radius 1 is 1.23 bits per heavy atom. The summed E-state index contributed by atoms with van der Waals surface area (Å²) in [6, 6.07) is 3.84. The van der Waals surface area contributed by atoms with Gasteiger partial charge < -0.3 is 14.2 Å². The fourth-order valence-electron chi connectivity index (χ4n) is 6.09. The lowest BCUT2D eigenvalue weighted by Gasteiger charge is -2.62. The lowest BCUT2D eigenvalue weighted by Crippen LogP contribution is -2.60. The molecule has 26 heavy (non-hydrogen) atoms. The molecule has 2 aliphatic carbocycles. The maximum Gasteiger partial charge on any atom is 0.147 e. The van der Waals surface area contributed by atoms with Gasteiger partial charge in [0.1, 0.15) is 12.5 Å². The molecule has 0 radical (unpaired) electrons. The Labute approximate surface area is 156 Å². The Kier molecular flexibility index (Phi) is 4.83. The molecule has 1 saturated heterocycles. The normalized spacial score (nSPS) is 39.8. The maximum atomic E-state index is 6.00. The number of ether oxygens (including phenoxy) is 3. The van der Waals surface area contributed by atoms with Crippen LogP contribution in [0.5, 0.6) is 5.75 Å². The second kappa shape index (κ2) is 6.97. The van der Waals surface area contributed by atoms with E-state index in [1.165, 1.54) is 18.4 Å². The van der Waals surface area contributed by atoms with Crippen molar-refractivity contribution in [2.75, 3.05) is 20.0 Å². The van der Waals surface area contributed by atoms with Crippen molar-refractivity contribution in [1.29, 1.82) is 0 Å². The highest BCUT2D eigenvalue weighted by Crippen LogP contribution is 2.62. The molecule has 0 N–H and O–H groups in total. The van der Waals surface area contributed by atoms with Gasteiger partial charge in [-0.15, -0.1) is 0 Å². The minimum atomic E-state index is 0.121. The molecule has 5 atom stereocenters. The van der Waals surface area contributed by atoms with Crippen LogP contribution in [0.2, 0.25) is 0 Å². The van der Waals surface area contributed by atoms with Crippen LogP contribution < -0.4 is 4.74 Å². The summed E-state index contributed by atoms with van der Waals surface area (Å²) in [7, 11) is 0. The first kappa shape index (κ1) is 18.0. The SMILES string of the molecule is C=C1CCC2C(C)(CCC3OCOC[C@]32C)C1CCOc1ccncc1. The van der Waals surface area contributed by atoms with E-state index in [1.807, 2.05) is 12.1 Å². The van der Waals surface area contributed by atoms with Crippen LogP contribution in [0, 0.1) is 22.7 Å². The molecule has 3 aliphatic rings. The molecular weight excluding hydrogens is 326 g/mol. The number of rotatable bonds is 4. The summed E-state index contributed by atoms with van der Waals surface area (Å²) < 4.78 is 17.7. The summed E-state index contributed by atoms with van der Waals surface area (Å²) in [5.41, 5.74) is 1.78. The van der Waals surface area contributed by atoms with E-state index in [1.54, 1.807) is 12.4 Å². The van der Waals surface area contributed by atoms with Gasteiger partial charge in [-0.05, 0) is 61.5 Å². The fourth-order valence-corrected chi connectivity index (χ4v) is 6.09. The van der Waals surface area contributed by atoms with Crippen molar-refractivity contribution < 1.29 is 14.2 Å². The van der Waals surface area contributed by atoms with E-state index < -0.39 is 0 Å². The molecule has 0 aromatic carbocycles. The second-order valence-corrected chi connectivity index (χ2v) is 8.79. The zero-order chi connectivity index (χ0) is 18.2. The lowest BCUT2D eigenvalue weighted by molar-refractivity contribution is -0.260. The molecule has 3 fully saturated rings. The van der Waals surface area contributed by atoms with E-state index in [-0.39, 0.29) is 10.8 Å². The van der Waals surface area contributed by atoms with Gasteiger partial charge in [-0.2, -0.15) is 0 Å². The topological polar surface area (TPSA) is 40.6 Å². The van der Waals surface area contributed by atoms with Gasteiger partial charge in [0.25, 0.3) is 0 Å². The molecule has 4 rings (SSSR count). The second-order valence-electron chi connectivity index (χ2n) is 8.79. The Morgan fingerprint density at radius 3 is 2.85 bits per heavy atom. The van der Waals surface area contributed by atoms with Crippen molar-refractivity contribution in [3.63, 3.8) is 0 Å². The molecule has 2 saturated carbocycles. The molecule has 1 aromatic rings. The van der Waals surface area contributed by atoms with Gasteiger partial charge in [-0.1, -0.05) is 26.0 Å². The number of fused-ring (bicyclic) bond motifs is 3. The molecule has 0 amide bonds. The fraction of sp³-hybridized carbons (Fsp3) is 0.682. The van der Waals surface area contributed by atoms with E-state index in [0.717, 1.165) is 38.2 Å². The summed E-state index contributed by atoms with van der Waals surface area (Å²) in [5, 5.41) is 0. The Balaban J connectivity index is 1.50. The largest absolute Gasteiger partial charge is 0.493 e. The molecule has 1 aromatic heterocycles. The number of hydrogen-bond acceptors (Lipinski definition) is 4. The Morgan fingerprint density at radius 2 is 2.04 bits per heavy atom. The third-order valence-electron chi connectivity index (χ3n) is 7.41. The van der Waals surface area contributed by atoms with Gasteiger partial charge in [-0.3, -0.25) is 4.98 Å². The monoisotopic (exact) mass is 357 g/mol. The smallest absolute Gasteiger partial charge is 0.147 e. The molecule has 142 valence electrons. The number of pyridine rings is 1. The van der Waals surface area contributed by atoms with Crippen LogP contribution in [0.4, 0.5) is 0 Å². The number of allylic oxidation sites excluding steroid dienone is 1. The molecule has 0 bridgehead atoms. The molecule has 1 aliphatic heterocycles.